The van der Waals surface area contributed by atoms with E-state index in [1.165, 1.54) is 0 Å². The average Bonchev–Trinajstić information content (AvgIpc) is 3.72. The molecule has 8 heterocycles. The first-order chi connectivity index (χ1) is 38.8. The number of nitrogens with zero attached hydrogens (tertiary/aromatic N) is 6. The van der Waals surface area contributed by atoms with E-state index < -0.39 is 70.5 Å². The molecule has 8 aliphatic heterocycles. The third kappa shape index (κ3) is 14.1. The van der Waals surface area contributed by atoms with E-state index in [0.29, 0.717) is 57.3 Å². The predicted molar refractivity (Wildman–Crippen MR) is 291 cm³/mol. The number of amides is 10. The minimum Gasteiger partial charge on any atom is -0.492 e. The highest BCUT2D eigenvalue weighted by atomic mass is 16.6. The standard InChI is InChI=1S/2C29H38N4O8/c1-29(2,3)41-28(38)32-11-9-18(10-12-32)40-20-13-17(31(4)15-20)16-39-19-5-6-21-22(14-19)27(37)33(26(21)36)23-7-8-24(34)30-25(23)35;1-29(2,3)41-28(38)32-11-9-17(10-12-32)39-19-13-20(16-31(4)15-19)40-18-5-6-21-22(14-18)27(37)33(26(21)36)23-7-8-24(34)30-25(23)35/h5-6,14,17-18,20,23H,7-13,15-16H2,1-4H3,(H,30,34,35);5-6,14,17,19-20,23H,7-13,15-16H2,1-4H3,(H,30,34,35)/t17-,20+,23?;19-,20-,23?/m01/s1. The molecule has 2 aromatic carbocycles. The van der Waals surface area contributed by atoms with Gasteiger partial charge in [-0.3, -0.25) is 63.7 Å². The molecule has 0 aliphatic carbocycles. The molecule has 0 spiro atoms. The van der Waals surface area contributed by atoms with Gasteiger partial charge in [-0.05, 0) is 137 Å². The Hall–Kier alpha value is -7.02. The summed E-state index contributed by atoms with van der Waals surface area (Å²) in [5.41, 5.74) is -0.232. The molecule has 0 saturated carbocycles. The highest BCUT2D eigenvalue weighted by molar-refractivity contribution is 6.24. The second kappa shape index (κ2) is 24.4. The van der Waals surface area contributed by atoms with Crippen molar-refractivity contribution in [1.82, 2.24) is 40.0 Å². The number of fused-ring (bicyclic) bond motifs is 2. The second-order valence-electron chi connectivity index (χ2n) is 24.5. The molecule has 24 nitrogen and oxygen atoms in total. The van der Waals surface area contributed by atoms with Crippen LogP contribution in [0.4, 0.5) is 9.59 Å². The van der Waals surface area contributed by atoms with Gasteiger partial charge < -0.3 is 43.1 Å². The normalized spacial score (nSPS) is 26.0. The monoisotopic (exact) mass is 1140 g/mol. The lowest BCUT2D eigenvalue weighted by Gasteiger charge is -2.39. The van der Waals surface area contributed by atoms with Crippen molar-refractivity contribution in [3.05, 3.63) is 58.7 Å². The molecule has 0 aromatic heterocycles. The van der Waals surface area contributed by atoms with Crippen LogP contribution in [0.15, 0.2) is 36.4 Å². The summed E-state index contributed by atoms with van der Waals surface area (Å²) in [6, 6.07) is 7.60. The average molecular weight is 1140 g/mol. The molecular formula is C58H76N8O16. The molecule has 10 rings (SSSR count). The highest BCUT2D eigenvalue weighted by Crippen LogP contribution is 2.34. The Bertz CT molecular complexity index is 2850. The number of likely N-dealkylation sites (tertiary alicyclic amines) is 4. The van der Waals surface area contributed by atoms with Crippen molar-refractivity contribution in [2.45, 2.75) is 166 Å². The number of carbonyl (C=O) groups is 10. The third-order valence-electron chi connectivity index (χ3n) is 15.7. The van der Waals surface area contributed by atoms with Crippen LogP contribution in [-0.2, 0) is 38.1 Å². The van der Waals surface area contributed by atoms with Gasteiger partial charge in [0.15, 0.2) is 0 Å². The van der Waals surface area contributed by atoms with Gasteiger partial charge >= 0.3 is 12.2 Å². The van der Waals surface area contributed by atoms with Gasteiger partial charge in [0.25, 0.3) is 23.6 Å². The maximum Gasteiger partial charge on any atom is 0.410 e. The van der Waals surface area contributed by atoms with E-state index in [1.807, 2.05) is 55.6 Å². The Labute approximate surface area is 476 Å². The number of benzene rings is 2. The van der Waals surface area contributed by atoms with E-state index in [9.17, 15) is 47.9 Å². The van der Waals surface area contributed by atoms with Crippen LogP contribution in [0.3, 0.4) is 0 Å². The highest BCUT2D eigenvalue weighted by Gasteiger charge is 2.47. The van der Waals surface area contributed by atoms with E-state index in [-0.39, 0.29) is 96.7 Å². The summed E-state index contributed by atoms with van der Waals surface area (Å²) in [6.45, 7) is 16.1. The molecule has 2 aromatic rings. The molecule has 6 fully saturated rings. The van der Waals surface area contributed by atoms with Crippen LogP contribution < -0.4 is 20.1 Å². The van der Waals surface area contributed by atoms with E-state index in [4.69, 9.17) is 28.4 Å². The van der Waals surface area contributed by atoms with Gasteiger partial charge in [-0.2, -0.15) is 0 Å². The minimum atomic E-state index is -1.01. The molecule has 2 N–H and O–H groups in total. The molecule has 2 unspecified atom stereocenters. The second-order valence-corrected chi connectivity index (χ2v) is 24.5. The Kier molecular flexibility index (Phi) is 17.8. The molecular weight excluding hydrogens is 1060 g/mol. The Morgan fingerprint density at radius 3 is 1.41 bits per heavy atom. The Morgan fingerprint density at radius 2 is 0.951 bits per heavy atom. The zero-order chi connectivity index (χ0) is 58.9. The SMILES string of the molecule is CN1C[C@H](OC2CCN(C(=O)OC(C)(C)C)CC2)C[C@H]1COc1ccc2c(c1)C(=O)N(C1CCC(=O)NC1=O)C2=O.CN1C[C@H](Oc2ccc3c(c2)C(=O)N(C2CCC(=O)NC2=O)C3=O)C[C@@H](OC2CCN(C(=O)OC(C)(C)C)CC2)C1. The van der Waals surface area contributed by atoms with Crippen LogP contribution in [0.2, 0.25) is 0 Å². The Balaban J connectivity index is 0.000000198. The number of rotatable bonds is 11. The predicted octanol–water partition coefficient (Wildman–Crippen LogP) is 3.91. The number of imide groups is 4. The van der Waals surface area contributed by atoms with Crippen molar-refractivity contribution in [3.63, 3.8) is 0 Å². The summed E-state index contributed by atoms with van der Waals surface area (Å²) < 4.78 is 36.1. The number of hydrogen-bond donors (Lipinski definition) is 2. The lowest BCUT2D eigenvalue weighted by atomic mass is 10.0. The number of ether oxygens (including phenoxy) is 6. The molecule has 0 radical (unpaired) electrons. The maximum atomic E-state index is 13.2. The van der Waals surface area contributed by atoms with Crippen molar-refractivity contribution in [2.24, 2.45) is 0 Å². The largest absolute Gasteiger partial charge is 0.492 e. The fourth-order valence-electron chi connectivity index (χ4n) is 11.7. The molecule has 0 bridgehead atoms. The number of hydrogen-bond acceptors (Lipinski definition) is 18. The van der Waals surface area contributed by atoms with E-state index in [1.54, 1.807) is 46.2 Å². The fraction of sp³-hybridized carbons (Fsp3) is 0.621. The van der Waals surface area contributed by atoms with Crippen molar-refractivity contribution in [3.8, 4) is 11.5 Å². The topological polar surface area (TPSA) is 270 Å². The number of likely N-dealkylation sites (N-methyl/N-ethyl adjacent to an activating group) is 2. The smallest absolute Gasteiger partial charge is 0.410 e. The van der Waals surface area contributed by atoms with Crippen molar-refractivity contribution < 1.29 is 76.4 Å². The zero-order valence-electron chi connectivity index (χ0n) is 48.0. The lowest BCUT2D eigenvalue weighted by molar-refractivity contribution is -0.137. The maximum absolute atomic E-state index is 13.2. The van der Waals surface area contributed by atoms with Gasteiger partial charge in [0.2, 0.25) is 23.6 Å². The minimum absolute atomic E-state index is 0.0349. The number of piperidine rings is 5. The number of carbonyl (C=O) groups excluding carboxylic acids is 10. The quantitative estimate of drug-likeness (QED) is 0.302. The Morgan fingerprint density at radius 1 is 0.524 bits per heavy atom. The zero-order valence-corrected chi connectivity index (χ0v) is 48.0. The van der Waals surface area contributed by atoms with Crippen LogP contribution in [-0.4, -0.2) is 215 Å². The van der Waals surface area contributed by atoms with Gasteiger partial charge in [0.1, 0.15) is 47.5 Å². The van der Waals surface area contributed by atoms with Crippen LogP contribution in [0.25, 0.3) is 0 Å². The molecule has 24 heteroatoms. The summed E-state index contributed by atoms with van der Waals surface area (Å²) in [7, 11) is 4.02. The summed E-state index contributed by atoms with van der Waals surface area (Å²) in [6.07, 6.45) is 4.12. The van der Waals surface area contributed by atoms with E-state index >= 15 is 0 Å². The molecule has 6 saturated heterocycles. The van der Waals surface area contributed by atoms with Crippen molar-refractivity contribution in [1.29, 1.82) is 0 Å². The molecule has 444 valence electrons. The van der Waals surface area contributed by atoms with Crippen LogP contribution in [0.5, 0.6) is 11.5 Å². The molecule has 82 heavy (non-hydrogen) atoms. The molecule has 10 amide bonds. The van der Waals surface area contributed by atoms with Crippen LogP contribution in [0, 0.1) is 0 Å². The third-order valence-corrected chi connectivity index (χ3v) is 15.7. The summed E-state index contributed by atoms with van der Waals surface area (Å²) in [4.78, 5) is 134. The van der Waals surface area contributed by atoms with Crippen LogP contribution >= 0.6 is 0 Å². The van der Waals surface area contributed by atoms with Gasteiger partial charge in [0.05, 0.1) is 46.7 Å². The number of nitrogens with one attached hydrogen (secondary N) is 2. The molecule has 8 aliphatic rings. The van der Waals surface area contributed by atoms with Gasteiger partial charge in [0, 0.05) is 71.1 Å². The summed E-state index contributed by atoms with van der Waals surface area (Å²) in [5, 5.41) is 4.40. The van der Waals surface area contributed by atoms with Gasteiger partial charge in [-0.15, -0.1) is 0 Å². The summed E-state index contributed by atoms with van der Waals surface area (Å²) in [5.74, 6) is -3.40. The van der Waals surface area contributed by atoms with E-state index in [2.05, 4.69) is 20.4 Å². The summed E-state index contributed by atoms with van der Waals surface area (Å²) >= 11 is 0. The first-order valence-corrected chi connectivity index (χ1v) is 28.4. The van der Waals surface area contributed by atoms with Gasteiger partial charge in [-0.1, -0.05) is 0 Å². The first kappa shape index (κ1) is 59.6. The fourth-order valence-corrected chi connectivity index (χ4v) is 11.7. The van der Waals surface area contributed by atoms with E-state index in [0.717, 1.165) is 55.0 Å². The van der Waals surface area contributed by atoms with Gasteiger partial charge in [-0.25, -0.2) is 9.59 Å². The lowest BCUT2D eigenvalue weighted by Crippen LogP contribution is -2.54. The van der Waals surface area contributed by atoms with Crippen LogP contribution in [0.1, 0.15) is 147 Å². The van der Waals surface area contributed by atoms with Crippen molar-refractivity contribution in [2.75, 3.05) is 66.5 Å². The molecule has 6 atom stereocenters. The van der Waals surface area contributed by atoms with Crippen molar-refractivity contribution >= 4 is 59.4 Å². The first-order valence-electron chi connectivity index (χ1n) is 28.4.